The lowest BCUT2D eigenvalue weighted by molar-refractivity contribution is 0.479. The van der Waals surface area contributed by atoms with E-state index in [-0.39, 0.29) is 5.82 Å². The largest absolute Gasteiger partial charge is 0.372 e. The molecule has 0 saturated heterocycles. The van der Waals surface area contributed by atoms with E-state index < -0.39 is 0 Å². The standard InChI is InChI=1S/C15H25FN4/c1-18(2)15(19(3)4)17-11-8-12-20(5)14-10-7-6-9-13(14)16/h6-7,9-10H,8,11-12H2,1-5H3. The van der Waals surface area contributed by atoms with Gasteiger partial charge in [0.1, 0.15) is 5.82 Å². The van der Waals surface area contributed by atoms with Crippen LogP contribution in [0.5, 0.6) is 0 Å². The van der Waals surface area contributed by atoms with Crippen LogP contribution in [0.3, 0.4) is 0 Å². The third kappa shape index (κ3) is 4.72. The Morgan fingerprint density at radius 2 is 1.65 bits per heavy atom. The van der Waals surface area contributed by atoms with Crippen molar-refractivity contribution >= 4 is 11.6 Å². The first kappa shape index (κ1) is 16.3. The lowest BCUT2D eigenvalue weighted by Crippen LogP contribution is -2.35. The van der Waals surface area contributed by atoms with Crippen molar-refractivity contribution in [3.63, 3.8) is 0 Å². The average Bonchev–Trinajstić information content (AvgIpc) is 2.37. The minimum atomic E-state index is -0.180. The molecular weight excluding hydrogens is 255 g/mol. The van der Waals surface area contributed by atoms with Gasteiger partial charge in [0.25, 0.3) is 0 Å². The quantitative estimate of drug-likeness (QED) is 0.469. The Labute approximate surface area is 121 Å². The molecule has 0 radical (unpaired) electrons. The second-order valence-electron chi connectivity index (χ2n) is 5.20. The fourth-order valence-electron chi connectivity index (χ4n) is 2.05. The smallest absolute Gasteiger partial charge is 0.195 e. The van der Waals surface area contributed by atoms with Crippen LogP contribution in [0, 0.1) is 5.82 Å². The van der Waals surface area contributed by atoms with Gasteiger partial charge >= 0.3 is 0 Å². The fraction of sp³-hybridized carbons (Fsp3) is 0.533. The predicted octanol–water partition coefficient (Wildman–Crippen LogP) is 2.13. The Morgan fingerprint density at radius 3 is 2.20 bits per heavy atom. The highest BCUT2D eigenvalue weighted by Gasteiger charge is 2.06. The zero-order valence-corrected chi connectivity index (χ0v) is 13.1. The number of hydrogen-bond donors (Lipinski definition) is 0. The number of hydrogen-bond acceptors (Lipinski definition) is 2. The average molecular weight is 280 g/mol. The van der Waals surface area contributed by atoms with Crippen LogP contribution in [0.2, 0.25) is 0 Å². The van der Waals surface area contributed by atoms with Crippen LogP contribution >= 0.6 is 0 Å². The normalized spacial score (nSPS) is 10.1. The summed E-state index contributed by atoms with van der Waals surface area (Å²) in [7, 11) is 9.81. The van der Waals surface area contributed by atoms with E-state index in [1.54, 1.807) is 12.1 Å². The van der Waals surface area contributed by atoms with Gasteiger partial charge in [-0.25, -0.2) is 4.39 Å². The van der Waals surface area contributed by atoms with Crippen LogP contribution in [0.4, 0.5) is 10.1 Å². The maximum Gasteiger partial charge on any atom is 0.195 e. The summed E-state index contributed by atoms with van der Waals surface area (Å²) in [6, 6.07) is 6.84. The van der Waals surface area contributed by atoms with Crippen LogP contribution < -0.4 is 4.90 Å². The minimum absolute atomic E-state index is 0.180. The molecule has 0 saturated carbocycles. The molecule has 1 rings (SSSR count). The molecule has 0 aliphatic carbocycles. The number of aliphatic imine (C=N–C) groups is 1. The molecule has 112 valence electrons. The van der Waals surface area contributed by atoms with Crippen LogP contribution in [0.25, 0.3) is 0 Å². The van der Waals surface area contributed by atoms with E-state index in [0.717, 1.165) is 25.5 Å². The van der Waals surface area contributed by atoms with Crippen molar-refractivity contribution in [3.05, 3.63) is 30.1 Å². The lowest BCUT2D eigenvalue weighted by atomic mass is 10.2. The predicted molar refractivity (Wildman–Crippen MR) is 84.0 cm³/mol. The number of halogens is 1. The van der Waals surface area contributed by atoms with Gasteiger partial charge in [0.2, 0.25) is 0 Å². The molecule has 0 bridgehead atoms. The monoisotopic (exact) mass is 280 g/mol. The molecule has 0 unspecified atom stereocenters. The number of benzene rings is 1. The molecule has 0 fully saturated rings. The Balaban J connectivity index is 2.48. The van der Waals surface area contributed by atoms with Crippen LogP contribution in [0.15, 0.2) is 29.3 Å². The van der Waals surface area contributed by atoms with Crippen molar-refractivity contribution in [3.8, 4) is 0 Å². The Kier molecular flexibility index (Phi) is 6.28. The summed E-state index contributed by atoms with van der Waals surface area (Å²) in [6.07, 6.45) is 0.885. The molecule has 0 heterocycles. The van der Waals surface area contributed by atoms with Crippen LogP contribution in [-0.2, 0) is 0 Å². The second-order valence-corrected chi connectivity index (χ2v) is 5.20. The SMILES string of the molecule is CN(C)C(=NCCCN(C)c1ccccc1F)N(C)C. The molecule has 20 heavy (non-hydrogen) atoms. The highest BCUT2D eigenvalue weighted by atomic mass is 19.1. The molecule has 1 aromatic carbocycles. The molecule has 4 nitrogen and oxygen atoms in total. The maximum atomic E-state index is 13.6. The summed E-state index contributed by atoms with van der Waals surface area (Å²) in [5, 5.41) is 0. The molecule has 0 amide bonds. The van der Waals surface area contributed by atoms with Gasteiger partial charge in [-0.05, 0) is 18.6 Å². The summed E-state index contributed by atoms with van der Waals surface area (Å²) in [6.45, 7) is 1.50. The maximum absolute atomic E-state index is 13.6. The summed E-state index contributed by atoms with van der Waals surface area (Å²) in [5.41, 5.74) is 0.636. The molecule has 5 heteroatoms. The molecule has 0 aliphatic rings. The van der Waals surface area contributed by atoms with E-state index in [1.165, 1.54) is 6.07 Å². The van der Waals surface area contributed by atoms with Crippen LogP contribution in [0.1, 0.15) is 6.42 Å². The molecule has 0 atom stereocenters. The van der Waals surface area contributed by atoms with Gasteiger partial charge in [-0.15, -0.1) is 0 Å². The van der Waals surface area contributed by atoms with Crippen molar-refractivity contribution in [1.29, 1.82) is 0 Å². The van der Waals surface area contributed by atoms with Crippen LogP contribution in [-0.4, -0.2) is 64.1 Å². The summed E-state index contributed by atoms with van der Waals surface area (Å²) >= 11 is 0. The molecular formula is C15H25FN4. The highest BCUT2D eigenvalue weighted by molar-refractivity contribution is 5.79. The van der Waals surface area contributed by atoms with E-state index in [0.29, 0.717) is 5.69 Å². The Morgan fingerprint density at radius 1 is 1.05 bits per heavy atom. The van der Waals surface area contributed by atoms with Gasteiger partial charge in [0, 0.05) is 48.3 Å². The third-order valence-electron chi connectivity index (χ3n) is 2.97. The van der Waals surface area contributed by atoms with Crippen molar-refractivity contribution < 1.29 is 4.39 Å². The lowest BCUT2D eigenvalue weighted by Gasteiger charge is -2.23. The van der Waals surface area contributed by atoms with E-state index in [1.807, 2.05) is 56.0 Å². The van der Waals surface area contributed by atoms with Gasteiger partial charge in [-0.2, -0.15) is 0 Å². The second kappa shape index (κ2) is 7.72. The molecule has 0 aromatic heterocycles. The first-order valence-electron chi connectivity index (χ1n) is 6.78. The van der Waals surface area contributed by atoms with E-state index in [4.69, 9.17) is 0 Å². The highest BCUT2D eigenvalue weighted by Crippen LogP contribution is 2.16. The summed E-state index contributed by atoms with van der Waals surface area (Å²) < 4.78 is 13.6. The number of anilines is 1. The zero-order chi connectivity index (χ0) is 15.1. The first-order valence-corrected chi connectivity index (χ1v) is 6.78. The Hall–Kier alpha value is -1.78. The number of guanidine groups is 1. The summed E-state index contributed by atoms with van der Waals surface area (Å²) in [5.74, 6) is 0.763. The topological polar surface area (TPSA) is 22.1 Å². The molecule has 0 aliphatic heterocycles. The van der Waals surface area contributed by atoms with Crippen molar-refractivity contribution in [1.82, 2.24) is 9.80 Å². The third-order valence-corrected chi connectivity index (χ3v) is 2.97. The van der Waals surface area contributed by atoms with Gasteiger partial charge in [-0.3, -0.25) is 4.99 Å². The van der Waals surface area contributed by atoms with Gasteiger partial charge < -0.3 is 14.7 Å². The Bertz CT molecular complexity index is 433. The van der Waals surface area contributed by atoms with E-state index in [9.17, 15) is 4.39 Å². The van der Waals surface area contributed by atoms with Gasteiger partial charge in [-0.1, -0.05) is 12.1 Å². The fourth-order valence-corrected chi connectivity index (χ4v) is 2.05. The van der Waals surface area contributed by atoms with E-state index >= 15 is 0 Å². The van der Waals surface area contributed by atoms with Crippen molar-refractivity contribution in [2.45, 2.75) is 6.42 Å². The zero-order valence-electron chi connectivity index (χ0n) is 13.1. The molecule has 1 aromatic rings. The number of nitrogens with zero attached hydrogens (tertiary/aromatic N) is 4. The first-order chi connectivity index (χ1) is 9.43. The van der Waals surface area contributed by atoms with Gasteiger partial charge in [0.05, 0.1) is 5.69 Å². The molecule has 0 N–H and O–H groups in total. The summed E-state index contributed by atoms with van der Waals surface area (Å²) in [4.78, 5) is 10.5. The minimum Gasteiger partial charge on any atom is -0.372 e. The van der Waals surface area contributed by atoms with Gasteiger partial charge in [0.15, 0.2) is 5.96 Å². The van der Waals surface area contributed by atoms with Crippen molar-refractivity contribution in [2.24, 2.45) is 4.99 Å². The molecule has 0 spiro atoms. The number of para-hydroxylation sites is 1. The number of rotatable bonds is 5. The van der Waals surface area contributed by atoms with E-state index in [2.05, 4.69) is 4.99 Å². The van der Waals surface area contributed by atoms with Crippen molar-refractivity contribution in [2.75, 3.05) is 53.2 Å².